The Morgan fingerprint density at radius 1 is 1.22 bits per heavy atom. The Hall–Kier alpha value is -1.55. The van der Waals surface area contributed by atoms with Crippen molar-refractivity contribution >= 4 is 16.5 Å². The topological polar surface area (TPSA) is 48.1 Å². The molecule has 1 aromatic carbocycles. The zero-order valence-electron chi connectivity index (χ0n) is 11.2. The van der Waals surface area contributed by atoms with E-state index in [0.717, 1.165) is 33.0 Å². The van der Waals surface area contributed by atoms with Crippen molar-refractivity contribution in [2.45, 2.75) is 27.7 Å². The lowest BCUT2D eigenvalue weighted by atomic mass is 10.0. The van der Waals surface area contributed by atoms with Gasteiger partial charge in [-0.1, -0.05) is 0 Å². The number of thiazole rings is 1. The van der Waals surface area contributed by atoms with Crippen molar-refractivity contribution in [3.05, 3.63) is 28.1 Å². The highest BCUT2D eigenvalue weighted by Gasteiger charge is 2.13. The Labute approximate surface area is 112 Å². The molecule has 2 rings (SSSR count). The van der Waals surface area contributed by atoms with Crippen molar-refractivity contribution in [2.24, 2.45) is 0 Å². The first-order chi connectivity index (χ1) is 8.52. The largest absolute Gasteiger partial charge is 0.494 e. The first kappa shape index (κ1) is 12.9. The van der Waals surface area contributed by atoms with Gasteiger partial charge in [-0.25, -0.2) is 4.98 Å². The zero-order valence-corrected chi connectivity index (χ0v) is 12.0. The molecule has 0 bridgehead atoms. The molecule has 0 atom stereocenters. The monoisotopic (exact) mass is 262 g/mol. The molecule has 2 N–H and O–H groups in total. The van der Waals surface area contributed by atoms with Crippen LogP contribution in [0.3, 0.4) is 0 Å². The van der Waals surface area contributed by atoms with Gasteiger partial charge in [0.2, 0.25) is 0 Å². The normalized spacial score (nSPS) is 10.7. The summed E-state index contributed by atoms with van der Waals surface area (Å²) < 4.78 is 5.60. The third-order valence-electron chi connectivity index (χ3n) is 2.89. The van der Waals surface area contributed by atoms with Gasteiger partial charge >= 0.3 is 0 Å². The first-order valence-electron chi connectivity index (χ1n) is 6.00. The van der Waals surface area contributed by atoms with Gasteiger partial charge in [0.15, 0.2) is 5.13 Å². The first-order valence-corrected chi connectivity index (χ1v) is 6.82. The SMILES string of the molecule is CCOc1cc(C)c(-c2nc(N)sc2C)cc1C. The predicted octanol–water partition coefficient (Wildman–Crippen LogP) is 3.72. The molecule has 4 heteroatoms. The number of aryl methyl sites for hydroxylation is 3. The second kappa shape index (κ2) is 4.98. The van der Waals surface area contributed by atoms with E-state index in [9.17, 15) is 0 Å². The van der Waals surface area contributed by atoms with E-state index in [1.807, 2.05) is 6.92 Å². The Morgan fingerprint density at radius 3 is 2.50 bits per heavy atom. The maximum atomic E-state index is 5.77. The van der Waals surface area contributed by atoms with E-state index in [-0.39, 0.29) is 0 Å². The molecule has 0 spiro atoms. The number of nitrogen functional groups attached to an aromatic ring is 1. The van der Waals surface area contributed by atoms with Gasteiger partial charge in [-0.3, -0.25) is 0 Å². The highest BCUT2D eigenvalue weighted by molar-refractivity contribution is 7.15. The van der Waals surface area contributed by atoms with Crippen LogP contribution in [0.4, 0.5) is 5.13 Å². The van der Waals surface area contributed by atoms with Crippen molar-refractivity contribution in [1.29, 1.82) is 0 Å². The lowest BCUT2D eigenvalue weighted by Crippen LogP contribution is -1.96. The molecule has 0 aliphatic carbocycles. The fourth-order valence-corrected chi connectivity index (χ4v) is 2.73. The van der Waals surface area contributed by atoms with E-state index in [1.54, 1.807) is 0 Å². The third kappa shape index (κ3) is 2.34. The molecule has 0 saturated carbocycles. The van der Waals surface area contributed by atoms with Crippen LogP contribution in [0.5, 0.6) is 5.75 Å². The summed E-state index contributed by atoms with van der Waals surface area (Å²) in [5.41, 5.74) is 10.2. The van der Waals surface area contributed by atoms with Gasteiger partial charge in [0, 0.05) is 10.4 Å². The van der Waals surface area contributed by atoms with Crippen molar-refractivity contribution in [2.75, 3.05) is 12.3 Å². The number of rotatable bonds is 3. The highest BCUT2D eigenvalue weighted by atomic mass is 32.1. The Kier molecular flexibility index (Phi) is 3.57. The summed E-state index contributed by atoms with van der Waals surface area (Å²) in [5.74, 6) is 0.944. The fraction of sp³-hybridized carbons (Fsp3) is 0.357. The molecule has 18 heavy (non-hydrogen) atoms. The van der Waals surface area contributed by atoms with Crippen LogP contribution in [0, 0.1) is 20.8 Å². The van der Waals surface area contributed by atoms with E-state index in [0.29, 0.717) is 11.7 Å². The second-order valence-electron chi connectivity index (χ2n) is 4.32. The van der Waals surface area contributed by atoms with Crippen LogP contribution in [0.2, 0.25) is 0 Å². The lowest BCUT2D eigenvalue weighted by Gasteiger charge is -2.11. The predicted molar refractivity (Wildman–Crippen MR) is 77.3 cm³/mol. The van der Waals surface area contributed by atoms with E-state index < -0.39 is 0 Å². The average Bonchev–Trinajstić information content (AvgIpc) is 2.63. The zero-order chi connectivity index (χ0) is 13.3. The van der Waals surface area contributed by atoms with Crippen LogP contribution in [-0.4, -0.2) is 11.6 Å². The minimum Gasteiger partial charge on any atom is -0.494 e. The molecule has 1 aromatic heterocycles. The van der Waals surface area contributed by atoms with Crippen molar-refractivity contribution < 1.29 is 4.74 Å². The fourth-order valence-electron chi connectivity index (χ4n) is 2.02. The minimum atomic E-state index is 0.619. The van der Waals surface area contributed by atoms with Crippen LogP contribution >= 0.6 is 11.3 Å². The standard InChI is InChI=1S/C14H18N2OS/c1-5-17-12-7-8(2)11(6-9(12)3)13-10(4)18-14(15)16-13/h6-7H,5H2,1-4H3,(H2,15,16). The van der Waals surface area contributed by atoms with E-state index in [1.165, 1.54) is 11.3 Å². The number of benzene rings is 1. The molecule has 3 nitrogen and oxygen atoms in total. The number of hydrogen-bond donors (Lipinski definition) is 1. The Morgan fingerprint density at radius 2 is 1.94 bits per heavy atom. The van der Waals surface area contributed by atoms with Crippen molar-refractivity contribution in [1.82, 2.24) is 4.98 Å². The molecule has 0 fully saturated rings. The van der Waals surface area contributed by atoms with Crippen LogP contribution in [0.1, 0.15) is 22.9 Å². The van der Waals surface area contributed by atoms with Crippen LogP contribution < -0.4 is 10.5 Å². The maximum Gasteiger partial charge on any atom is 0.180 e. The number of nitrogens with zero attached hydrogens (tertiary/aromatic N) is 1. The molecular formula is C14H18N2OS. The van der Waals surface area contributed by atoms with Crippen molar-refractivity contribution in [3.63, 3.8) is 0 Å². The second-order valence-corrected chi connectivity index (χ2v) is 5.56. The van der Waals surface area contributed by atoms with Gasteiger partial charge in [0.25, 0.3) is 0 Å². The summed E-state index contributed by atoms with van der Waals surface area (Å²) in [6.07, 6.45) is 0. The summed E-state index contributed by atoms with van der Waals surface area (Å²) >= 11 is 1.53. The molecule has 0 amide bonds. The molecule has 1 heterocycles. The average molecular weight is 262 g/mol. The van der Waals surface area contributed by atoms with Crippen LogP contribution in [-0.2, 0) is 0 Å². The molecule has 0 aliphatic rings. The maximum absolute atomic E-state index is 5.77. The van der Waals surface area contributed by atoms with E-state index in [4.69, 9.17) is 10.5 Å². The van der Waals surface area contributed by atoms with E-state index >= 15 is 0 Å². The van der Waals surface area contributed by atoms with Gasteiger partial charge in [0.1, 0.15) is 5.75 Å². The van der Waals surface area contributed by atoms with Crippen LogP contribution in [0.15, 0.2) is 12.1 Å². The summed E-state index contributed by atoms with van der Waals surface area (Å²) in [6.45, 7) is 8.86. The van der Waals surface area contributed by atoms with Crippen molar-refractivity contribution in [3.8, 4) is 17.0 Å². The smallest absolute Gasteiger partial charge is 0.180 e. The Balaban J connectivity index is 2.52. The van der Waals surface area contributed by atoms with Gasteiger partial charge in [0.05, 0.1) is 12.3 Å². The highest BCUT2D eigenvalue weighted by Crippen LogP contribution is 2.34. The quantitative estimate of drug-likeness (QED) is 0.917. The number of nitrogens with two attached hydrogens (primary N) is 1. The number of anilines is 1. The molecular weight excluding hydrogens is 244 g/mol. The Bertz CT molecular complexity index is 575. The molecule has 0 aliphatic heterocycles. The summed E-state index contributed by atoms with van der Waals surface area (Å²) in [5, 5.41) is 0.619. The van der Waals surface area contributed by atoms with Gasteiger partial charge < -0.3 is 10.5 Å². The number of hydrogen-bond acceptors (Lipinski definition) is 4. The molecule has 0 unspecified atom stereocenters. The molecule has 0 radical (unpaired) electrons. The van der Waals surface area contributed by atoms with Gasteiger partial charge in [-0.15, -0.1) is 11.3 Å². The van der Waals surface area contributed by atoms with E-state index in [2.05, 4.69) is 37.9 Å². The van der Waals surface area contributed by atoms with Gasteiger partial charge in [-0.2, -0.15) is 0 Å². The lowest BCUT2D eigenvalue weighted by molar-refractivity contribution is 0.337. The molecule has 96 valence electrons. The van der Waals surface area contributed by atoms with Crippen LogP contribution in [0.25, 0.3) is 11.3 Å². The number of aromatic nitrogens is 1. The minimum absolute atomic E-state index is 0.619. The molecule has 2 aromatic rings. The molecule has 0 saturated heterocycles. The summed E-state index contributed by atoms with van der Waals surface area (Å²) in [4.78, 5) is 5.57. The number of ether oxygens (including phenoxy) is 1. The summed E-state index contributed by atoms with van der Waals surface area (Å²) in [7, 11) is 0. The summed E-state index contributed by atoms with van der Waals surface area (Å²) in [6, 6.07) is 4.20. The third-order valence-corrected chi connectivity index (χ3v) is 3.69. The van der Waals surface area contributed by atoms with Gasteiger partial charge in [-0.05, 0) is 51.0 Å².